The maximum absolute atomic E-state index is 13.7. The Morgan fingerprint density at radius 1 is 1.16 bits per heavy atom. The normalized spacial score (nSPS) is 30.2. The zero-order chi connectivity index (χ0) is 22.3. The molecule has 1 amide bonds. The molecule has 1 aromatic carbocycles. The van der Waals surface area contributed by atoms with E-state index in [-0.39, 0.29) is 36.6 Å². The van der Waals surface area contributed by atoms with Crippen molar-refractivity contribution in [1.82, 2.24) is 10.2 Å². The van der Waals surface area contributed by atoms with E-state index >= 15 is 0 Å². The summed E-state index contributed by atoms with van der Waals surface area (Å²) in [6.45, 7) is 2.42. The van der Waals surface area contributed by atoms with E-state index in [1.807, 2.05) is 6.07 Å². The second-order valence-corrected chi connectivity index (χ2v) is 9.70. The van der Waals surface area contributed by atoms with E-state index in [1.54, 1.807) is 12.1 Å². The molecule has 3 aliphatic rings. The average Bonchev–Trinajstić information content (AvgIpc) is 2.77. The van der Waals surface area contributed by atoms with Crippen LogP contribution in [0.3, 0.4) is 0 Å². The maximum atomic E-state index is 13.7. The monoisotopic (exact) mass is 448 g/mol. The highest BCUT2D eigenvalue weighted by atomic mass is 19.1. The number of benzene rings is 1. The second-order valence-electron chi connectivity index (χ2n) is 9.70. The zero-order valence-corrected chi connectivity index (χ0v) is 18.9. The van der Waals surface area contributed by atoms with Crippen LogP contribution in [0.5, 0.6) is 0 Å². The SMILES string of the molecule is O=C(C[C@H]1CC[C@@H]2[C@H](COC[C@H](O)CN2Cc2cccc(F)c2)O1)NCC1CCCCC1. The molecule has 2 N–H and O–H groups in total. The van der Waals surface area contributed by atoms with Crippen LogP contribution in [0, 0.1) is 11.7 Å². The third-order valence-electron chi connectivity index (χ3n) is 7.09. The molecular weight excluding hydrogens is 411 g/mol. The molecule has 0 aromatic heterocycles. The fourth-order valence-electron chi connectivity index (χ4n) is 5.43. The highest BCUT2D eigenvalue weighted by molar-refractivity contribution is 5.76. The molecule has 32 heavy (non-hydrogen) atoms. The fraction of sp³-hybridized carbons (Fsp3) is 0.720. The predicted octanol–water partition coefficient (Wildman–Crippen LogP) is 3.02. The summed E-state index contributed by atoms with van der Waals surface area (Å²) in [5.41, 5.74) is 0.877. The van der Waals surface area contributed by atoms with Gasteiger partial charge in [0.15, 0.2) is 0 Å². The molecule has 1 aliphatic carbocycles. The Balaban J connectivity index is 1.32. The van der Waals surface area contributed by atoms with Crippen LogP contribution in [0.1, 0.15) is 56.9 Å². The summed E-state index contributed by atoms with van der Waals surface area (Å²) in [4.78, 5) is 14.7. The second kappa shape index (κ2) is 11.5. The largest absolute Gasteiger partial charge is 0.389 e. The Bertz CT molecular complexity index is 742. The van der Waals surface area contributed by atoms with E-state index in [9.17, 15) is 14.3 Å². The van der Waals surface area contributed by atoms with Crippen molar-refractivity contribution in [2.24, 2.45) is 5.92 Å². The molecule has 0 spiro atoms. The quantitative estimate of drug-likeness (QED) is 0.700. The molecule has 4 rings (SSSR count). The van der Waals surface area contributed by atoms with Gasteiger partial charge in [-0.3, -0.25) is 9.69 Å². The van der Waals surface area contributed by atoms with Crippen LogP contribution in [-0.4, -0.2) is 66.6 Å². The Morgan fingerprint density at radius 3 is 2.81 bits per heavy atom. The van der Waals surface area contributed by atoms with Gasteiger partial charge in [0.05, 0.1) is 37.9 Å². The molecular formula is C25H37FN2O4. The molecule has 0 bridgehead atoms. The van der Waals surface area contributed by atoms with E-state index in [1.165, 1.54) is 38.2 Å². The average molecular weight is 449 g/mol. The lowest BCUT2D eigenvalue weighted by molar-refractivity contribution is -0.158. The molecule has 2 heterocycles. The number of aliphatic hydroxyl groups excluding tert-OH is 1. The van der Waals surface area contributed by atoms with Gasteiger partial charge in [0.25, 0.3) is 0 Å². The van der Waals surface area contributed by atoms with Gasteiger partial charge in [0.2, 0.25) is 5.91 Å². The molecule has 2 aliphatic heterocycles. The van der Waals surface area contributed by atoms with Gasteiger partial charge in [-0.2, -0.15) is 0 Å². The highest BCUT2D eigenvalue weighted by Gasteiger charge is 2.38. The summed E-state index contributed by atoms with van der Waals surface area (Å²) in [5, 5.41) is 13.4. The first kappa shape index (κ1) is 23.6. The van der Waals surface area contributed by atoms with Crippen molar-refractivity contribution >= 4 is 5.91 Å². The summed E-state index contributed by atoms with van der Waals surface area (Å²) < 4.78 is 25.7. The first-order valence-corrected chi connectivity index (χ1v) is 12.2. The number of halogens is 1. The molecule has 0 radical (unpaired) electrons. The third-order valence-corrected chi connectivity index (χ3v) is 7.09. The van der Waals surface area contributed by atoms with Crippen LogP contribution < -0.4 is 5.32 Å². The molecule has 2 saturated heterocycles. The lowest BCUT2D eigenvalue weighted by Crippen LogP contribution is -2.55. The van der Waals surface area contributed by atoms with Crippen LogP contribution in [0.25, 0.3) is 0 Å². The minimum Gasteiger partial charge on any atom is -0.389 e. The summed E-state index contributed by atoms with van der Waals surface area (Å²) >= 11 is 0. The van der Waals surface area contributed by atoms with E-state index < -0.39 is 6.10 Å². The molecule has 178 valence electrons. The van der Waals surface area contributed by atoms with Gasteiger partial charge in [-0.1, -0.05) is 31.4 Å². The van der Waals surface area contributed by atoms with Gasteiger partial charge in [-0.15, -0.1) is 0 Å². The maximum Gasteiger partial charge on any atom is 0.222 e. The molecule has 1 saturated carbocycles. The van der Waals surface area contributed by atoms with Gasteiger partial charge in [-0.25, -0.2) is 4.39 Å². The number of nitrogens with one attached hydrogen (secondary N) is 1. The molecule has 6 nitrogen and oxygen atoms in total. The van der Waals surface area contributed by atoms with Crippen molar-refractivity contribution in [2.45, 2.75) is 82.3 Å². The zero-order valence-electron chi connectivity index (χ0n) is 18.9. The fourth-order valence-corrected chi connectivity index (χ4v) is 5.43. The van der Waals surface area contributed by atoms with E-state index in [0.29, 0.717) is 32.0 Å². The van der Waals surface area contributed by atoms with Crippen LogP contribution in [0.15, 0.2) is 24.3 Å². The first-order valence-electron chi connectivity index (χ1n) is 12.2. The number of hydrogen-bond donors (Lipinski definition) is 2. The highest BCUT2D eigenvalue weighted by Crippen LogP contribution is 2.29. The van der Waals surface area contributed by atoms with Crippen molar-refractivity contribution in [2.75, 3.05) is 26.3 Å². The molecule has 3 fully saturated rings. The number of nitrogens with zero attached hydrogens (tertiary/aromatic N) is 1. The van der Waals surface area contributed by atoms with Crippen molar-refractivity contribution in [1.29, 1.82) is 0 Å². The van der Waals surface area contributed by atoms with Crippen molar-refractivity contribution in [3.05, 3.63) is 35.6 Å². The number of fused-ring (bicyclic) bond motifs is 1. The van der Waals surface area contributed by atoms with Crippen LogP contribution in [0.2, 0.25) is 0 Å². The Morgan fingerprint density at radius 2 is 2.00 bits per heavy atom. The number of rotatable bonds is 6. The lowest BCUT2D eigenvalue weighted by atomic mass is 9.89. The number of carbonyl (C=O) groups excluding carboxylic acids is 1. The first-order chi connectivity index (χ1) is 15.6. The molecule has 1 aromatic rings. The smallest absolute Gasteiger partial charge is 0.222 e. The van der Waals surface area contributed by atoms with Crippen molar-refractivity contribution < 1.29 is 23.8 Å². The van der Waals surface area contributed by atoms with E-state index in [4.69, 9.17) is 9.47 Å². The topological polar surface area (TPSA) is 71.0 Å². The third kappa shape index (κ3) is 6.73. The Labute approximate surface area is 190 Å². The summed E-state index contributed by atoms with van der Waals surface area (Å²) in [6.07, 6.45) is 7.44. The Hall–Kier alpha value is -1.54. The predicted molar refractivity (Wildman–Crippen MR) is 120 cm³/mol. The van der Waals surface area contributed by atoms with Crippen LogP contribution in [-0.2, 0) is 20.8 Å². The number of carbonyl (C=O) groups is 1. The number of ether oxygens (including phenoxy) is 2. The number of aliphatic hydroxyl groups is 1. The van der Waals surface area contributed by atoms with Crippen molar-refractivity contribution in [3.8, 4) is 0 Å². The van der Waals surface area contributed by atoms with Gasteiger partial charge in [0.1, 0.15) is 5.82 Å². The standard InChI is InChI=1S/C25H37FN2O4/c26-20-8-4-7-19(11-20)14-28-15-21(29)16-31-17-24-23(28)10-9-22(32-24)12-25(30)27-13-18-5-2-1-3-6-18/h4,7-8,11,18,21-24,29H,1-3,5-6,9-10,12-17H2,(H,27,30)/t21-,22-,23-,24+/m1/s1. The van der Waals surface area contributed by atoms with Crippen molar-refractivity contribution in [3.63, 3.8) is 0 Å². The summed E-state index contributed by atoms with van der Waals surface area (Å²) in [7, 11) is 0. The van der Waals surface area contributed by atoms with Gasteiger partial charge >= 0.3 is 0 Å². The molecule has 0 unspecified atom stereocenters. The number of hydrogen-bond acceptors (Lipinski definition) is 5. The van der Waals surface area contributed by atoms with Gasteiger partial charge in [-0.05, 0) is 49.3 Å². The number of β-amino-alcohol motifs (C(OH)–C–C–N with tert-alkyl or cyclic N) is 1. The summed E-state index contributed by atoms with van der Waals surface area (Å²) in [5.74, 6) is 0.429. The van der Waals surface area contributed by atoms with Crippen LogP contribution in [0.4, 0.5) is 4.39 Å². The minimum atomic E-state index is -0.590. The van der Waals surface area contributed by atoms with E-state index in [2.05, 4.69) is 10.2 Å². The summed E-state index contributed by atoms with van der Waals surface area (Å²) in [6, 6.07) is 6.67. The minimum absolute atomic E-state index is 0.0646. The van der Waals surface area contributed by atoms with E-state index in [0.717, 1.165) is 24.9 Å². The molecule has 4 atom stereocenters. The Kier molecular flexibility index (Phi) is 8.52. The van der Waals surface area contributed by atoms with Crippen LogP contribution >= 0.6 is 0 Å². The number of amides is 1. The lowest BCUT2D eigenvalue weighted by Gasteiger charge is -2.44. The van der Waals surface area contributed by atoms with Gasteiger partial charge < -0.3 is 19.9 Å². The van der Waals surface area contributed by atoms with Gasteiger partial charge in [0, 0.05) is 25.7 Å². The molecule has 7 heteroatoms.